The molecule has 0 bridgehead atoms. The zero-order chi connectivity index (χ0) is 12.3. The Balaban J connectivity index is 2.10. The summed E-state index contributed by atoms with van der Waals surface area (Å²) in [6, 6.07) is 13.1. The average Bonchev–Trinajstić information content (AvgIpc) is 2.31. The number of rotatable bonds is 3. The van der Waals surface area contributed by atoms with Gasteiger partial charge in [0.15, 0.2) is 0 Å². The molecule has 0 atom stereocenters. The van der Waals surface area contributed by atoms with Crippen LogP contribution in [0.4, 0.5) is 0 Å². The third-order valence-electron chi connectivity index (χ3n) is 2.86. The molecule has 0 radical (unpaired) electrons. The Morgan fingerprint density at radius 1 is 1.06 bits per heavy atom. The van der Waals surface area contributed by atoms with Gasteiger partial charge in [-0.2, -0.15) is 0 Å². The summed E-state index contributed by atoms with van der Waals surface area (Å²) in [5, 5.41) is 9.35. The topological polar surface area (TPSA) is 29.5 Å². The molecule has 2 aromatic rings. The van der Waals surface area contributed by atoms with Crippen LogP contribution in [0.15, 0.2) is 42.5 Å². The molecular formula is C15H16O2. The van der Waals surface area contributed by atoms with Gasteiger partial charge in [0.2, 0.25) is 0 Å². The second-order valence-corrected chi connectivity index (χ2v) is 4.16. The quantitative estimate of drug-likeness (QED) is 0.870. The minimum Gasteiger partial charge on any atom is -0.508 e. The maximum absolute atomic E-state index is 9.35. The molecule has 0 saturated heterocycles. The minimum atomic E-state index is 0.270. The molecule has 0 spiro atoms. The van der Waals surface area contributed by atoms with Crippen LogP contribution in [0.1, 0.15) is 16.7 Å². The third-order valence-corrected chi connectivity index (χ3v) is 2.86. The van der Waals surface area contributed by atoms with Crippen LogP contribution in [0.3, 0.4) is 0 Å². The summed E-state index contributed by atoms with van der Waals surface area (Å²) < 4.78 is 5.75. The van der Waals surface area contributed by atoms with E-state index in [1.165, 1.54) is 5.56 Å². The highest BCUT2D eigenvalue weighted by atomic mass is 16.5. The minimum absolute atomic E-state index is 0.270. The number of hydrogen-bond acceptors (Lipinski definition) is 2. The van der Waals surface area contributed by atoms with Crippen LogP contribution in [0.2, 0.25) is 0 Å². The van der Waals surface area contributed by atoms with E-state index >= 15 is 0 Å². The number of benzene rings is 2. The van der Waals surface area contributed by atoms with E-state index in [0.29, 0.717) is 6.61 Å². The first-order valence-electron chi connectivity index (χ1n) is 5.64. The van der Waals surface area contributed by atoms with Crippen LogP contribution in [0.25, 0.3) is 0 Å². The second-order valence-electron chi connectivity index (χ2n) is 4.16. The molecule has 0 fully saturated rings. The van der Waals surface area contributed by atoms with Gasteiger partial charge >= 0.3 is 0 Å². The van der Waals surface area contributed by atoms with E-state index < -0.39 is 0 Å². The van der Waals surface area contributed by atoms with E-state index in [9.17, 15) is 5.11 Å². The van der Waals surface area contributed by atoms with Gasteiger partial charge in [-0.25, -0.2) is 0 Å². The summed E-state index contributed by atoms with van der Waals surface area (Å²) in [6.07, 6.45) is 0. The van der Waals surface area contributed by atoms with E-state index in [1.807, 2.05) is 31.2 Å². The summed E-state index contributed by atoms with van der Waals surface area (Å²) in [5.41, 5.74) is 3.34. The molecule has 2 heteroatoms. The second kappa shape index (κ2) is 4.91. The number of ether oxygens (including phenoxy) is 1. The maximum Gasteiger partial charge on any atom is 0.122 e. The summed E-state index contributed by atoms with van der Waals surface area (Å²) in [4.78, 5) is 0. The van der Waals surface area contributed by atoms with Crippen molar-refractivity contribution in [1.29, 1.82) is 0 Å². The SMILES string of the molecule is Cc1cccc(OCc2cccc(O)c2)c1C. The molecule has 0 saturated carbocycles. The van der Waals surface area contributed by atoms with Gasteiger partial charge in [-0.1, -0.05) is 24.3 Å². The van der Waals surface area contributed by atoms with Crippen molar-refractivity contribution in [3.8, 4) is 11.5 Å². The lowest BCUT2D eigenvalue weighted by atomic mass is 10.1. The molecule has 0 aliphatic heterocycles. The summed E-state index contributed by atoms with van der Waals surface area (Å²) in [6.45, 7) is 4.59. The van der Waals surface area contributed by atoms with Crippen molar-refractivity contribution in [1.82, 2.24) is 0 Å². The molecule has 1 N–H and O–H groups in total. The van der Waals surface area contributed by atoms with Crippen LogP contribution in [0, 0.1) is 13.8 Å². The summed E-state index contributed by atoms with van der Waals surface area (Å²) >= 11 is 0. The van der Waals surface area contributed by atoms with Crippen LogP contribution in [-0.2, 0) is 6.61 Å². The van der Waals surface area contributed by atoms with Crippen LogP contribution in [0.5, 0.6) is 11.5 Å². The maximum atomic E-state index is 9.35. The Bertz CT molecular complexity index is 518. The largest absolute Gasteiger partial charge is 0.508 e. The van der Waals surface area contributed by atoms with Gasteiger partial charge in [0.25, 0.3) is 0 Å². The fourth-order valence-corrected chi connectivity index (χ4v) is 1.69. The zero-order valence-electron chi connectivity index (χ0n) is 10.1. The molecule has 17 heavy (non-hydrogen) atoms. The van der Waals surface area contributed by atoms with Crippen molar-refractivity contribution >= 4 is 0 Å². The van der Waals surface area contributed by atoms with E-state index in [-0.39, 0.29) is 5.75 Å². The highest BCUT2D eigenvalue weighted by Gasteiger charge is 2.02. The predicted octanol–water partition coefficient (Wildman–Crippen LogP) is 3.59. The average molecular weight is 228 g/mol. The number of phenolic OH excluding ortho intramolecular Hbond substituents is 1. The molecule has 2 nitrogen and oxygen atoms in total. The van der Waals surface area contributed by atoms with Gasteiger partial charge < -0.3 is 9.84 Å². The lowest BCUT2D eigenvalue weighted by molar-refractivity contribution is 0.303. The van der Waals surface area contributed by atoms with Gasteiger partial charge in [0, 0.05) is 0 Å². The van der Waals surface area contributed by atoms with Crippen molar-refractivity contribution in [2.75, 3.05) is 0 Å². The highest BCUT2D eigenvalue weighted by Crippen LogP contribution is 2.22. The fourth-order valence-electron chi connectivity index (χ4n) is 1.69. The number of hydrogen-bond donors (Lipinski definition) is 1. The van der Waals surface area contributed by atoms with Crippen LogP contribution in [-0.4, -0.2) is 5.11 Å². The monoisotopic (exact) mass is 228 g/mol. The molecule has 0 aromatic heterocycles. The summed E-state index contributed by atoms with van der Waals surface area (Å²) in [5.74, 6) is 1.17. The van der Waals surface area contributed by atoms with E-state index in [0.717, 1.165) is 16.9 Å². The van der Waals surface area contributed by atoms with E-state index in [1.54, 1.807) is 12.1 Å². The molecule has 0 aliphatic carbocycles. The number of aryl methyl sites for hydroxylation is 1. The highest BCUT2D eigenvalue weighted by molar-refractivity contribution is 5.38. The molecule has 0 heterocycles. The van der Waals surface area contributed by atoms with Crippen molar-refractivity contribution in [3.63, 3.8) is 0 Å². The standard InChI is InChI=1S/C15H16O2/c1-11-5-3-8-15(12(11)2)17-10-13-6-4-7-14(16)9-13/h3-9,16H,10H2,1-2H3. The van der Waals surface area contributed by atoms with Crippen molar-refractivity contribution in [3.05, 3.63) is 59.2 Å². The van der Waals surface area contributed by atoms with E-state index in [2.05, 4.69) is 13.0 Å². The smallest absolute Gasteiger partial charge is 0.122 e. The Kier molecular flexibility index (Phi) is 3.33. The number of phenols is 1. The van der Waals surface area contributed by atoms with E-state index in [4.69, 9.17) is 4.74 Å². The molecular weight excluding hydrogens is 212 g/mol. The van der Waals surface area contributed by atoms with Gasteiger partial charge in [-0.05, 0) is 48.7 Å². The zero-order valence-corrected chi connectivity index (χ0v) is 10.1. The van der Waals surface area contributed by atoms with Crippen LogP contribution >= 0.6 is 0 Å². The number of aromatic hydroxyl groups is 1. The predicted molar refractivity (Wildman–Crippen MR) is 68.4 cm³/mol. The van der Waals surface area contributed by atoms with Crippen LogP contribution < -0.4 is 4.74 Å². The molecule has 0 aliphatic rings. The first kappa shape index (κ1) is 11.5. The van der Waals surface area contributed by atoms with Crippen molar-refractivity contribution < 1.29 is 9.84 Å². The van der Waals surface area contributed by atoms with Crippen molar-refractivity contribution in [2.45, 2.75) is 20.5 Å². The molecule has 0 amide bonds. The van der Waals surface area contributed by atoms with Gasteiger partial charge in [-0.15, -0.1) is 0 Å². The first-order valence-corrected chi connectivity index (χ1v) is 5.64. The third kappa shape index (κ3) is 2.78. The molecule has 0 unspecified atom stereocenters. The normalized spacial score (nSPS) is 10.2. The van der Waals surface area contributed by atoms with Gasteiger partial charge in [-0.3, -0.25) is 0 Å². The first-order chi connectivity index (χ1) is 8.16. The van der Waals surface area contributed by atoms with Crippen molar-refractivity contribution in [2.24, 2.45) is 0 Å². The Hall–Kier alpha value is -1.96. The lowest BCUT2D eigenvalue weighted by Crippen LogP contribution is -1.97. The lowest BCUT2D eigenvalue weighted by Gasteiger charge is -2.10. The summed E-state index contributed by atoms with van der Waals surface area (Å²) in [7, 11) is 0. The molecule has 2 rings (SSSR count). The molecule has 88 valence electrons. The Labute approximate surface area is 101 Å². The fraction of sp³-hybridized carbons (Fsp3) is 0.200. The van der Waals surface area contributed by atoms with Gasteiger partial charge in [0.05, 0.1) is 0 Å². The Morgan fingerprint density at radius 2 is 1.82 bits per heavy atom. The molecule has 2 aromatic carbocycles. The van der Waals surface area contributed by atoms with Gasteiger partial charge in [0.1, 0.15) is 18.1 Å². The Morgan fingerprint density at radius 3 is 2.59 bits per heavy atom.